The highest BCUT2D eigenvalue weighted by molar-refractivity contribution is 7.99. The summed E-state index contributed by atoms with van der Waals surface area (Å²) in [4.78, 5) is 12.6. The van der Waals surface area contributed by atoms with Crippen molar-refractivity contribution in [3.63, 3.8) is 0 Å². The van der Waals surface area contributed by atoms with Crippen molar-refractivity contribution in [2.45, 2.75) is 32.5 Å². The molecule has 0 saturated carbocycles. The summed E-state index contributed by atoms with van der Waals surface area (Å²) in [5, 5.41) is 11.9. The van der Waals surface area contributed by atoms with Crippen LogP contribution in [0.5, 0.6) is 0 Å². The molecule has 0 aliphatic carbocycles. The van der Waals surface area contributed by atoms with Crippen molar-refractivity contribution in [2.24, 2.45) is 0 Å². The second kappa shape index (κ2) is 7.18. The van der Waals surface area contributed by atoms with E-state index in [-0.39, 0.29) is 17.4 Å². The van der Waals surface area contributed by atoms with Crippen LogP contribution in [-0.2, 0) is 6.54 Å². The average molecular weight is 359 g/mol. The fourth-order valence-corrected chi connectivity index (χ4v) is 3.59. The van der Waals surface area contributed by atoms with Gasteiger partial charge in [0.1, 0.15) is 5.82 Å². The van der Waals surface area contributed by atoms with Gasteiger partial charge in [0.05, 0.1) is 11.4 Å². The predicted octanol–water partition coefficient (Wildman–Crippen LogP) is 3.21. The molecule has 2 aromatic heterocycles. The Labute approximate surface area is 149 Å². The molecule has 0 aliphatic rings. The molecule has 0 aliphatic heterocycles. The second-order valence-corrected chi connectivity index (χ2v) is 6.54. The van der Waals surface area contributed by atoms with Gasteiger partial charge in [-0.05, 0) is 55.5 Å². The van der Waals surface area contributed by atoms with E-state index in [9.17, 15) is 9.18 Å². The smallest absolute Gasteiger partial charge is 0.214 e. The van der Waals surface area contributed by atoms with Crippen LogP contribution in [0.4, 0.5) is 4.39 Å². The van der Waals surface area contributed by atoms with Crippen LogP contribution in [0.1, 0.15) is 28.7 Å². The third-order valence-electron chi connectivity index (χ3n) is 4.02. The summed E-state index contributed by atoms with van der Waals surface area (Å²) in [6, 6.07) is 7.91. The van der Waals surface area contributed by atoms with Crippen molar-refractivity contribution in [1.82, 2.24) is 24.8 Å². The molecule has 0 saturated heterocycles. The van der Waals surface area contributed by atoms with Gasteiger partial charge in [0.2, 0.25) is 5.16 Å². The Morgan fingerprint density at radius 1 is 1.28 bits per heavy atom. The van der Waals surface area contributed by atoms with E-state index in [4.69, 9.17) is 0 Å². The first-order valence-corrected chi connectivity index (χ1v) is 8.87. The first kappa shape index (κ1) is 17.3. The monoisotopic (exact) mass is 359 g/mol. The fraction of sp³-hybridized carbons (Fsp3) is 0.294. The molecule has 8 heteroatoms. The molecule has 6 nitrogen and oxygen atoms in total. The Morgan fingerprint density at radius 3 is 2.76 bits per heavy atom. The number of nitrogens with zero attached hydrogens (tertiary/aromatic N) is 5. The van der Waals surface area contributed by atoms with Crippen LogP contribution in [-0.4, -0.2) is 36.3 Å². The van der Waals surface area contributed by atoms with Crippen LogP contribution in [0.15, 0.2) is 35.5 Å². The number of Topliss-reactive ketones (excluding diaryl/α,β-unsaturated/α-hetero) is 1. The lowest BCUT2D eigenvalue weighted by Crippen LogP contribution is -2.07. The van der Waals surface area contributed by atoms with Crippen molar-refractivity contribution in [3.05, 3.63) is 53.1 Å². The molecule has 130 valence electrons. The molecule has 0 atom stereocenters. The van der Waals surface area contributed by atoms with Gasteiger partial charge < -0.3 is 4.57 Å². The summed E-state index contributed by atoms with van der Waals surface area (Å²) in [6.45, 7) is 6.82. The molecule has 25 heavy (non-hydrogen) atoms. The Kier molecular flexibility index (Phi) is 4.98. The number of thioether (sulfide) groups is 1. The van der Waals surface area contributed by atoms with Crippen LogP contribution in [0.3, 0.4) is 0 Å². The zero-order chi connectivity index (χ0) is 18.0. The summed E-state index contributed by atoms with van der Waals surface area (Å²) in [5.74, 6) is -0.136. The maximum absolute atomic E-state index is 13.4. The number of ketones is 1. The largest absolute Gasteiger partial charge is 0.349 e. The summed E-state index contributed by atoms with van der Waals surface area (Å²) in [6.07, 6.45) is 0. The van der Waals surface area contributed by atoms with E-state index in [1.54, 1.807) is 12.1 Å². The average Bonchev–Trinajstić information content (AvgIpc) is 3.17. The maximum atomic E-state index is 13.4. The Balaban J connectivity index is 1.77. The maximum Gasteiger partial charge on any atom is 0.214 e. The fourth-order valence-electron chi connectivity index (χ4n) is 2.82. The van der Waals surface area contributed by atoms with Crippen molar-refractivity contribution in [1.29, 1.82) is 0 Å². The molecule has 1 aromatic carbocycles. The Hall–Kier alpha value is -2.48. The standard InChI is InChI=1S/C17H18FN5OS/c1-4-22-11(2)8-15(12(22)3)16(24)10-25-17-19-20-21-23(17)14-7-5-6-13(18)9-14/h5-9H,4,10H2,1-3H3. The molecule has 0 bridgehead atoms. The minimum absolute atomic E-state index is 0.0200. The third-order valence-corrected chi connectivity index (χ3v) is 4.94. The zero-order valence-corrected chi connectivity index (χ0v) is 15.0. The van der Waals surface area contributed by atoms with E-state index in [2.05, 4.69) is 27.0 Å². The summed E-state index contributed by atoms with van der Waals surface area (Å²) in [5.41, 5.74) is 3.27. The predicted molar refractivity (Wildman–Crippen MR) is 93.7 cm³/mol. The first-order chi connectivity index (χ1) is 12.0. The van der Waals surface area contributed by atoms with Gasteiger partial charge in [0, 0.05) is 23.5 Å². The normalized spacial score (nSPS) is 11.0. The molecular formula is C17H18FN5OS. The lowest BCUT2D eigenvalue weighted by molar-refractivity contribution is 0.102. The van der Waals surface area contributed by atoms with Crippen molar-refractivity contribution >= 4 is 17.5 Å². The number of hydrogen-bond acceptors (Lipinski definition) is 5. The lowest BCUT2D eigenvalue weighted by Gasteiger charge is -2.06. The quantitative estimate of drug-likeness (QED) is 0.499. The van der Waals surface area contributed by atoms with Gasteiger partial charge in [-0.15, -0.1) is 5.10 Å². The highest BCUT2D eigenvalue weighted by atomic mass is 32.2. The lowest BCUT2D eigenvalue weighted by atomic mass is 10.2. The van der Waals surface area contributed by atoms with Crippen LogP contribution in [0, 0.1) is 19.7 Å². The van der Waals surface area contributed by atoms with Crippen LogP contribution in [0.25, 0.3) is 5.69 Å². The van der Waals surface area contributed by atoms with Gasteiger partial charge in [0.25, 0.3) is 0 Å². The molecule has 0 unspecified atom stereocenters. The van der Waals surface area contributed by atoms with Crippen LogP contribution in [0.2, 0.25) is 0 Å². The highest BCUT2D eigenvalue weighted by Crippen LogP contribution is 2.22. The van der Waals surface area contributed by atoms with Crippen LogP contribution < -0.4 is 0 Å². The number of tetrazole rings is 1. The van der Waals surface area contributed by atoms with E-state index < -0.39 is 0 Å². The molecule has 3 aromatic rings. The molecule has 0 amide bonds. The topological polar surface area (TPSA) is 65.6 Å². The number of carbonyl (C=O) groups is 1. The SMILES string of the molecule is CCn1c(C)cc(C(=O)CSc2nnnn2-c2cccc(F)c2)c1C. The number of halogens is 1. The number of aryl methyl sites for hydroxylation is 1. The van der Waals surface area contributed by atoms with Crippen molar-refractivity contribution < 1.29 is 9.18 Å². The summed E-state index contributed by atoms with van der Waals surface area (Å²) < 4.78 is 16.9. The van der Waals surface area contributed by atoms with Gasteiger partial charge in [-0.2, -0.15) is 4.68 Å². The van der Waals surface area contributed by atoms with Gasteiger partial charge in [-0.3, -0.25) is 4.79 Å². The van der Waals surface area contributed by atoms with Gasteiger partial charge in [-0.1, -0.05) is 17.8 Å². The molecule has 0 N–H and O–H groups in total. The van der Waals surface area contributed by atoms with E-state index in [0.717, 1.165) is 23.5 Å². The number of rotatable bonds is 6. The Bertz CT molecular complexity index is 918. The summed E-state index contributed by atoms with van der Waals surface area (Å²) in [7, 11) is 0. The van der Waals surface area contributed by atoms with Crippen LogP contribution >= 0.6 is 11.8 Å². The van der Waals surface area contributed by atoms with E-state index in [1.165, 1.54) is 28.6 Å². The number of benzene rings is 1. The van der Waals surface area contributed by atoms with E-state index >= 15 is 0 Å². The third kappa shape index (κ3) is 3.48. The zero-order valence-electron chi connectivity index (χ0n) is 14.2. The van der Waals surface area contributed by atoms with E-state index in [0.29, 0.717) is 10.8 Å². The van der Waals surface area contributed by atoms with E-state index in [1.807, 2.05) is 19.9 Å². The highest BCUT2D eigenvalue weighted by Gasteiger charge is 2.17. The molecule has 0 radical (unpaired) electrons. The molecule has 0 fully saturated rings. The van der Waals surface area contributed by atoms with Gasteiger partial charge in [-0.25, -0.2) is 4.39 Å². The van der Waals surface area contributed by atoms with Crippen molar-refractivity contribution in [3.8, 4) is 5.69 Å². The first-order valence-electron chi connectivity index (χ1n) is 7.88. The minimum atomic E-state index is -0.368. The summed E-state index contributed by atoms with van der Waals surface area (Å²) >= 11 is 1.23. The van der Waals surface area contributed by atoms with Gasteiger partial charge in [0.15, 0.2) is 5.78 Å². The number of hydrogen-bond donors (Lipinski definition) is 0. The molecule has 2 heterocycles. The second-order valence-electron chi connectivity index (χ2n) is 5.59. The molecule has 3 rings (SSSR count). The number of carbonyl (C=O) groups excluding carboxylic acids is 1. The number of aromatic nitrogens is 5. The molecular weight excluding hydrogens is 341 g/mol. The molecule has 0 spiro atoms. The van der Waals surface area contributed by atoms with Crippen molar-refractivity contribution in [2.75, 3.05) is 5.75 Å². The minimum Gasteiger partial charge on any atom is -0.349 e. The Morgan fingerprint density at radius 2 is 2.08 bits per heavy atom. The van der Waals surface area contributed by atoms with Gasteiger partial charge >= 0.3 is 0 Å².